The molecule has 0 aromatic heterocycles. The van der Waals surface area contributed by atoms with E-state index in [1.54, 1.807) is 0 Å². The van der Waals surface area contributed by atoms with E-state index in [-0.39, 0.29) is 16.8 Å². The molecule has 1 radical (unpaired) electrons. The van der Waals surface area contributed by atoms with Crippen molar-refractivity contribution in [3.05, 3.63) is 146 Å². The zero-order valence-corrected chi connectivity index (χ0v) is 14.9. The molecule has 0 heterocycles. The van der Waals surface area contributed by atoms with Crippen LogP contribution in [0.25, 0.3) is 0 Å². The van der Waals surface area contributed by atoms with Crippen LogP contribution in [-0.4, -0.2) is 0 Å². The van der Waals surface area contributed by atoms with Gasteiger partial charge in [-0.1, -0.05) is 0 Å². The molecule has 0 N–H and O–H groups in total. The average Bonchev–Trinajstić information content (AvgIpc) is 2.75. The van der Waals surface area contributed by atoms with E-state index in [1.807, 2.05) is 121 Å². The maximum absolute atomic E-state index is 2.89. The second-order valence-electron chi connectivity index (χ2n) is 4.31. The summed E-state index contributed by atoms with van der Waals surface area (Å²) in [5.41, 5.74) is 0. The summed E-state index contributed by atoms with van der Waals surface area (Å²) in [5.74, 6) is 0. The minimum absolute atomic E-state index is 0. The summed E-state index contributed by atoms with van der Waals surface area (Å²) in [5, 5.41) is 0. The number of benzene rings is 4. The predicted molar refractivity (Wildman–Crippen MR) is 101 cm³/mol. The first kappa shape index (κ1) is 22.4. The summed E-state index contributed by atoms with van der Waals surface area (Å²) in [6.45, 7) is 0. The van der Waals surface area contributed by atoms with Gasteiger partial charge in [0, 0.05) is 16.8 Å². The number of rotatable bonds is 0. The van der Waals surface area contributed by atoms with Crippen LogP contribution >= 0.6 is 0 Å². The van der Waals surface area contributed by atoms with Crippen molar-refractivity contribution in [2.75, 3.05) is 0 Å². The van der Waals surface area contributed by atoms with Crippen LogP contribution in [0.15, 0.2) is 121 Å². The summed E-state index contributed by atoms with van der Waals surface area (Å²) in [7, 11) is 0. The van der Waals surface area contributed by atoms with Crippen LogP contribution in [0.5, 0.6) is 0 Å². The van der Waals surface area contributed by atoms with E-state index in [0.717, 1.165) is 0 Å². The minimum Gasteiger partial charge on any atom is -0.184 e. The molecule has 25 heavy (non-hydrogen) atoms. The molecular weight excluding hydrogens is 347 g/mol. The third-order valence-corrected chi connectivity index (χ3v) is 2.43. The van der Waals surface area contributed by atoms with E-state index >= 15 is 0 Å². The van der Waals surface area contributed by atoms with Gasteiger partial charge in [0.15, 0.2) is 0 Å². The molecular formula is C24H20Co-4. The van der Waals surface area contributed by atoms with Crippen LogP contribution in [0.1, 0.15) is 0 Å². The molecule has 0 unspecified atom stereocenters. The first-order valence-electron chi connectivity index (χ1n) is 7.64. The smallest absolute Gasteiger partial charge is 0 e. The Morgan fingerprint density at radius 1 is 0.240 bits per heavy atom. The maximum atomic E-state index is 2.89. The predicted octanol–water partition coefficient (Wildman–Crippen LogP) is 5.94. The normalized spacial score (nSPS) is 7.68. The van der Waals surface area contributed by atoms with Crippen molar-refractivity contribution in [3.8, 4) is 0 Å². The van der Waals surface area contributed by atoms with Crippen molar-refractivity contribution < 1.29 is 16.8 Å². The fourth-order valence-electron chi connectivity index (χ4n) is 1.37. The fourth-order valence-corrected chi connectivity index (χ4v) is 1.37. The molecule has 1 heteroatoms. The Morgan fingerprint density at radius 2 is 0.400 bits per heavy atom. The van der Waals surface area contributed by atoms with Crippen LogP contribution in [0, 0.1) is 24.3 Å². The molecule has 4 aromatic rings. The van der Waals surface area contributed by atoms with E-state index < -0.39 is 0 Å². The second-order valence-corrected chi connectivity index (χ2v) is 4.31. The summed E-state index contributed by atoms with van der Waals surface area (Å²) < 4.78 is 0. The topological polar surface area (TPSA) is 0 Å². The fraction of sp³-hybridized carbons (Fsp3) is 0. The van der Waals surface area contributed by atoms with Gasteiger partial charge in [-0.3, -0.25) is 0 Å². The molecule has 4 aromatic carbocycles. The molecule has 0 aliphatic heterocycles. The molecule has 0 spiro atoms. The van der Waals surface area contributed by atoms with Gasteiger partial charge in [0.05, 0.1) is 0 Å². The average molecular weight is 367 g/mol. The van der Waals surface area contributed by atoms with E-state index in [2.05, 4.69) is 24.3 Å². The van der Waals surface area contributed by atoms with Crippen molar-refractivity contribution in [2.24, 2.45) is 0 Å². The van der Waals surface area contributed by atoms with Gasteiger partial charge in [0.1, 0.15) is 0 Å². The van der Waals surface area contributed by atoms with Crippen LogP contribution in [0.2, 0.25) is 0 Å². The molecule has 0 fully saturated rings. The van der Waals surface area contributed by atoms with Crippen molar-refractivity contribution in [1.82, 2.24) is 0 Å². The van der Waals surface area contributed by atoms with Crippen LogP contribution < -0.4 is 0 Å². The third-order valence-electron chi connectivity index (χ3n) is 2.43. The first-order chi connectivity index (χ1) is 12.0. The van der Waals surface area contributed by atoms with Gasteiger partial charge >= 0.3 is 0 Å². The summed E-state index contributed by atoms with van der Waals surface area (Å²) >= 11 is 0. The minimum atomic E-state index is 0. The van der Waals surface area contributed by atoms with Gasteiger partial charge < -0.3 is 0 Å². The van der Waals surface area contributed by atoms with Gasteiger partial charge in [-0.15, -0.1) is 0 Å². The molecule has 0 amide bonds. The van der Waals surface area contributed by atoms with Crippen molar-refractivity contribution in [1.29, 1.82) is 0 Å². The molecule has 0 saturated heterocycles. The molecule has 0 bridgehead atoms. The monoisotopic (exact) mass is 367 g/mol. The zero-order chi connectivity index (χ0) is 17.0. The Kier molecular flexibility index (Phi) is 17.4. The molecule has 4 rings (SSSR count). The summed E-state index contributed by atoms with van der Waals surface area (Å²) in [6.07, 6.45) is 0. The molecule has 0 aliphatic rings. The Labute approximate surface area is 162 Å². The van der Waals surface area contributed by atoms with E-state index in [0.29, 0.717) is 0 Å². The maximum Gasteiger partial charge on any atom is 0 e. The molecule has 0 aliphatic carbocycles. The van der Waals surface area contributed by atoms with Crippen LogP contribution in [0.4, 0.5) is 0 Å². The standard InChI is InChI=1S/4C6H5.Co/c4*1-2-4-6-5-3-1;/h4*1-5H;/q4*-1;. The second kappa shape index (κ2) is 19.4. The molecule has 0 nitrogen and oxygen atoms in total. The van der Waals surface area contributed by atoms with Crippen molar-refractivity contribution in [2.45, 2.75) is 0 Å². The molecule has 0 saturated carbocycles. The Balaban J connectivity index is 0.000000303. The largest absolute Gasteiger partial charge is 0.184 e. The summed E-state index contributed by atoms with van der Waals surface area (Å²) in [6, 6.07) is 50.0. The first-order valence-corrected chi connectivity index (χ1v) is 7.64. The van der Waals surface area contributed by atoms with Crippen LogP contribution in [-0.2, 0) is 16.8 Å². The molecule has 129 valence electrons. The zero-order valence-electron chi connectivity index (χ0n) is 13.9. The van der Waals surface area contributed by atoms with Crippen molar-refractivity contribution >= 4 is 0 Å². The SMILES string of the molecule is [Co].[c-]1ccccc1.[c-]1ccccc1.[c-]1ccccc1.[c-]1ccccc1. The van der Waals surface area contributed by atoms with E-state index in [9.17, 15) is 0 Å². The van der Waals surface area contributed by atoms with Crippen LogP contribution in [0.3, 0.4) is 0 Å². The van der Waals surface area contributed by atoms with Gasteiger partial charge in [0.25, 0.3) is 0 Å². The van der Waals surface area contributed by atoms with Gasteiger partial charge in [-0.05, 0) is 0 Å². The third kappa shape index (κ3) is 17.6. The van der Waals surface area contributed by atoms with E-state index in [4.69, 9.17) is 0 Å². The summed E-state index contributed by atoms with van der Waals surface area (Å²) in [4.78, 5) is 0. The Hall–Kier alpha value is -2.61. The Bertz CT molecular complexity index is 420. The van der Waals surface area contributed by atoms with E-state index in [1.165, 1.54) is 0 Å². The number of hydrogen-bond acceptors (Lipinski definition) is 0. The quantitative estimate of drug-likeness (QED) is 0.337. The van der Waals surface area contributed by atoms with Crippen molar-refractivity contribution in [3.63, 3.8) is 0 Å². The number of hydrogen-bond donors (Lipinski definition) is 0. The van der Waals surface area contributed by atoms with Gasteiger partial charge in [-0.2, -0.15) is 146 Å². The molecule has 0 atom stereocenters. The van der Waals surface area contributed by atoms with Gasteiger partial charge in [-0.25, -0.2) is 0 Å². The van der Waals surface area contributed by atoms with Gasteiger partial charge in [0.2, 0.25) is 0 Å². The Morgan fingerprint density at radius 3 is 0.440 bits per heavy atom.